The maximum Gasteiger partial charge on any atom is 0.216 e. The third-order valence-electron chi connectivity index (χ3n) is 3.66. The molecule has 0 aliphatic carbocycles. The number of amides is 1. The van der Waals surface area contributed by atoms with E-state index in [1.54, 1.807) is 0 Å². The van der Waals surface area contributed by atoms with Gasteiger partial charge in [-0.3, -0.25) is 14.5 Å². The lowest BCUT2D eigenvalue weighted by atomic mass is 10.1. The van der Waals surface area contributed by atoms with Gasteiger partial charge < -0.3 is 15.1 Å². The highest BCUT2D eigenvalue weighted by Gasteiger charge is 2.11. The van der Waals surface area contributed by atoms with Crippen LogP contribution in [-0.2, 0) is 9.59 Å². The van der Waals surface area contributed by atoms with E-state index < -0.39 is 0 Å². The molecule has 1 amide bonds. The predicted octanol–water partition coefficient (Wildman–Crippen LogP) is 0.143. The second-order valence-corrected chi connectivity index (χ2v) is 6.45. The minimum atomic E-state index is 0.0181. The molecule has 0 spiro atoms. The number of Topliss-reactive ketones (excluding diaryl/α,β-unsaturated/α-hetero) is 1. The van der Waals surface area contributed by atoms with Crippen LogP contribution in [0, 0.1) is 5.92 Å². The lowest BCUT2D eigenvalue weighted by molar-refractivity contribution is -0.122. The molecule has 0 bridgehead atoms. The molecule has 130 valence electrons. The van der Waals surface area contributed by atoms with Crippen LogP contribution in [0.15, 0.2) is 0 Å². The number of rotatable bonds is 12. The zero-order chi connectivity index (χ0) is 17.1. The molecule has 22 heavy (non-hydrogen) atoms. The Morgan fingerprint density at radius 3 is 1.77 bits per heavy atom. The van der Waals surface area contributed by atoms with Crippen molar-refractivity contribution in [1.82, 2.24) is 20.0 Å². The van der Waals surface area contributed by atoms with Crippen LogP contribution in [0.3, 0.4) is 0 Å². The zero-order valence-corrected chi connectivity index (χ0v) is 15.2. The molecule has 0 rings (SSSR count). The van der Waals surface area contributed by atoms with Crippen molar-refractivity contribution in [3.63, 3.8) is 0 Å². The first-order valence-corrected chi connectivity index (χ1v) is 8.05. The fraction of sp³-hybridized carbons (Fsp3) is 0.875. The molecule has 0 aromatic carbocycles. The summed E-state index contributed by atoms with van der Waals surface area (Å²) in [6, 6.07) is 0. The van der Waals surface area contributed by atoms with Crippen LogP contribution >= 0.6 is 0 Å². The van der Waals surface area contributed by atoms with E-state index in [0.29, 0.717) is 18.9 Å². The number of carbonyl (C=O) groups excluding carboxylic acids is 2. The Balaban J connectivity index is 3.74. The van der Waals surface area contributed by atoms with E-state index in [2.05, 4.69) is 34.1 Å². The van der Waals surface area contributed by atoms with Crippen LogP contribution in [-0.4, -0.2) is 93.3 Å². The van der Waals surface area contributed by atoms with Gasteiger partial charge in [0, 0.05) is 52.1 Å². The summed E-state index contributed by atoms with van der Waals surface area (Å²) in [5.74, 6) is 0.421. The molecular formula is C16H34N4O2. The van der Waals surface area contributed by atoms with Gasteiger partial charge in [-0.05, 0) is 21.1 Å². The van der Waals surface area contributed by atoms with Gasteiger partial charge in [0.05, 0.1) is 6.54 Å². The van der Waals surface area contributed by atoms with Crippen molar-refractivity contribution < 1.29 is 9.59 Å². The van der Waals surface area contributed by atoms with Crippen LogP contribution in [0.5, 0.6) is 0 Å². The van der Waals surface area contributed by atoms with Gasteiger partial charge in [0.25, 0.3) is 0 Å². The first-order valence-electron chi connectivity index (χ1n) is 8.05. The van der Waals surface area contributed by atoms with E-state index in [4.69, 9.17) is 0 Å². The Morgan fingerprint density at radius 2 is 1.32 bits per heavy atom. The number of hydrogen-bond acceptors (Lipinski definition) is 5. The third-order valence-corrected chi connectivity index (χ3v) is 3.66. The molecule has 6 nitrogen and oxygen atoms in total. The van der Waals surface area contributed by atoms with Crippen molar-refractivity contribution in [2.45, 2.75) is 20.8 Å². The average Bonchev–Trinajstić information content (AvgIpc) is 2.42. The smallest absolute Gasteiger partial charge is 0.216 e. The summed E-state index contributed by atoms with van der Waals surface area (Å²) < 4.78 is 0. The summed E-state index contributed by atoms with van der Waals surface area (Å²) in [5, 5.41) is 2.80. The van der Waals surface area contributed by atoms with Crippen molar-refractivity contribution >= 4 is 11.7 Å². The van der Waals surface area contributed by atoms with Gasteiger partial charge in [-0.25, -0.2) is 0 Å². The Hall–Kier alpha value is -0.980. The fourth-order valence-corrected chi connectivity index (χ4v) is 1.86. The normalized spacial score (nSPS) is 11.7. The number of likely N-dealkylation sites (N-methyl/N-ethyl adjacent to an activating group) is 3. The van der Waals surface area contributed by atoms with Gasteiger partial charge in [-0.1, -0.05) is 13.8 Å². The number of carbonyl (C=O) groups is 2. The number of nitrogens with zero attached hydrogens (tertiary/aromatic N) is 3. The lowest BCUT2D eigenvalue weighted by Gasteiger charge is -2.24. The molecule has 1 N–H and O–H groups in total. The van der Waals surface area contributed by atoms with Gasteiger partial charge in [0.1, 0.15) is 5.78 Å². The molecule has 6 heteroatoms. The van der Waals surface area contributed by atoms with Crippen molar-refractivity contribution in [2.24, 2.45) is 5.92 Å². The van der Waals surface area contributed by atoms with Crippen molar-refractivity contribution in [3.05, 3.63) is 0 Å². The van der Waals surface area contributed by atoms with E-state index >= 15 is 0 Å². The van der Waals surface area contributed by atoms with Gasteiger partial charge in [-0.15, -0.1) is 0 Å². The standard InChI is InChI=1S/C16H34N4O2/c1-14(2)16(22)13-20(6)12-11-19(5)10-9-18(4)8-7-17-15(3)21/h14H,7-13H2,1-6H3,(H,17,21). The number of ketones is 1. The molecule has 0 aromatic heterocycles. The number of nitrogens with one attached hydrogen (secondary N) is 1. The van der Waals surface area contributed by atoms with Crippen molar-refractivity contribution in [3.8, 4) is 0 Å². The molecule has 0 fully saturated rings. The molecule has 0 aliphatic heterocycles. The topological polar surface area (TPSA) is 55.9 Å². The minimum Gasteiger partial charge on any atom is -0.355 e. The first kappa shape index (κ1) is 21.0. The predicted molar refractivity (Wildman–Crippen MR) is 91.0 cm³/mol. The molecule has 0 heterocycles. The van der Waals surface area contributed by atoms with Gasteiger partial charge >= 0.3 is 0 Å². The molecule has 0 aliphatic rings. The maximum atomic E-state index is 11.7. The van der Waals surface area contributed by atoms with Crippen molar-refractivity contribution in [1.29, 1.82) is 0 Å². The molecule has 0 radical (unpaired) electrons. The molecule has 0 unspecified atom stereocenters. The second-order valence-electron chi connectivity index (χ2n) is 6.45. The van der Waals surface area contributed by atoms with Crippen LogP contribution in [0.4, 0.5) is 0 Å². The summed E-state index contributed by atoms with van der Waals surface area (Å²) >= 11 is 0. The second kappa shape index (κ2) is 11.6. The quantitative estimate of drug-likeness (QED) is 0.555. The zero-order valence-electron chi connectivity index (χ0n) is 15.2. The average molecular weight is 314 g/mol. The van der Waals surface area contributed by atoms with E-state index in [9.17, 15) is 9.59 Å². The van der Waals surface area contributed by atoms with Gasteiger partial charge in [0.2, 0.25) is 5.91 Å². The Bertz CT molecular complexity index is 334. The summed E-state index contributed by atoms with van der Waals surface area (Å²) in [7, 11) is 6.15. The molecule has 0 aromatic rings. The molecular weight excluding hydrogens is 280 g/mol. The fourth-order valence-electron chi connectivity index (χ4n) is 1.86. The SMILES string of the molecule is CC(=O)NCCN(C)CCN(C)CCN(C)CC(=O)C(C)C. The maximum absolute atomic E-state index is 11.7. The largest absolute Gasteiger partial charge is 0.355 e. The minimum absolute atomic E-state index is 0.0181. The Labute approximate surface area is 135 Å². The van der Waals surface area contributed by atoms with E-state index in [1.165, 1.54) is 6.92 Å². The molecule has 0 saturated heterocycles. The van der Waals surface area contributed by atoms with Crippen LogP contribution in [0.1, 0.15) is 20.8 Å². The van der Waals surface area contributed by atoms with E-state index in [1.807, 2.05) is 20.9 Å². The third kappa shape index (κ3) is 11.7. The molecule has 0 saturated carbocycles. The molecule has 0 atom stereocenters. The van der Waals surface area contributed by atoms with Crippen molar-refractivity contribution in [2.75, 3.05) is 67.0 Å². The van der Waals surface area contributed by atoms with Crippen LogP contribution in [0.2, 0.25) is 0 Å². The first-order chi connectivity index (χ1) is 10.2. The Kier molecular flexibility index (Phi) is 11.1. The van der Waals surface area contributed by atoms with Crippen LogP contribution < -0.4 is 5.32 Å². The summed E-state index contributed by atoms with van der Waals surface area (Å²) in [5.41, 5.74) is 0. The van der Waals surface area contributed by atoms with Crippen LogP contribution in [0.25, 0.3) is 0 Å². The highest BCUT2D eigenvalue weighted by atomic mass is 16.1. The number of hydrogen-bond donors (Lipinski definition) is 1. The Morgan fingerprint density at radius 1 is 0.864 bits per heavy atom. The van der Waals surface area contributed by atoms with E-state index in [-0.39, 0.29) is 11.8 Å². The highest BCUT2D eigenvalue weighted by molar-refractivity contribution is 5.82. The van der Waals surface area contributed by atoms with E-state index in [0.717, 1.165) is 32.7 Å². The van der Waals surface area contributed by atoms with Gasteiger partial charge in [-0.2, -0.15) is 0 Å². The van der Waals surface area contributed by atoms with Gasteiger partial charge in [0.15, 0.2) is 0 Å². The lowest BCUT2D eigenvalue weighted by Crippen LogP contribution is -2.39. The summed E-state index contributed by atoms with van der Waals surface area (Å²) in [6.07, 6.45) is 0. The monoisotopic (exact) mass is 314 g/mol. The highest BCUT2D eigenvalue weighted by Crippen LogP contribution is 1.96. The summed E-state index contributed by atoms with van der Waals surface area (Å²) in [6.45, 7) is 11.3. The summed E-state index contributed by atoms with van der Waals surface area (Å²) in [4.78, 5) is 29.0.